The number of hydrogen-bond acceptors (Lipinski definition) is 3. The molecule has 0 radical (unpaired) electrons. The standard InChI is InChI=1S/C14H20N2O2/c1-11(17)16(2)9-12-4-3-5-13(8-12)15-14-6-7-18-10-14/h3-5,8,14-15H,6-7,9-10H2,1-2H3. The predicted molar refractivity (Wildman–Crippen MR) is 71.4 cm³/mol. The van der Waals surface area contributed by atoms with E-state index >= 15 is 0 Å². The molecule has 1 aliphatic rings. The Kier molecular flexibility index (Phi) is 4.20. The van der Waals surface area contributed by atoms with E-state index in [0.717, 1.165) is 30.9 Å². The number of carbonyl (C=O) groups excluding carboxylic acids is 1. The second kappa shape index (κ2) is 5.87. The first kappa shape index (κ1) is 12.9. The van der Waals surface area contributed by atoms with Crippen LogP contribution >= 0.6 is 0 Å². The van der Waals surface area contributed by atoms with Crippen molar-refractivity contribution in [3.05, 3.63) is 29.8 Å². The highest BCUT2D eigenvalue weighted by atomic mass is 16.5. The summed E-state index contributed by atoms with van der Waals surface area (Å²) in [5.41, 5.74) is 2.23. The molecule has 0 aromatic heterocycles. The normalized spacial score (nSPS) is 18.7. The van der Waals surface area contributed by atoms with Gasteiger partial charge in [0, 0.05) is 32.8 Å². The molecule has 0 saturated carbocycles. The number of anilines is 1. The number of ether oxygens (including phenoxy) is 1. The van der Waals surface area contributed by atoms with Crippen LogP contribution in [0.4, 0.5) is 5.69 Å². The number of nitrogens with zero attached hydrogens (tertiary/aromatic N) is 1. The van der Waals surface area contributed by atoms with Gasteiger partial charge in [-0.05, 0) is 24.1 Å². The predicted octanol–water partition coefficient (Wildman–Crippen LogP) is 1.87. The zero-order chi connectivity index (χ0) is 13.0. The highest BCUT2D eigenvalue weighted by Crippen LogP contribution is 2.16. The second-order valence-corrected chi connectivity index (χ2v) is 4.78. The van der Waals surface area contributed by atoms with E-state index in [1.807, 2.05) is 19.2 Å². The van der Waals surface area contributed by atoms with Gasteiger partial charge in [0.15, 0.2) is 0 Å². The largest absolute Gasteiger partial charge is 0.380 e. The fraction of sp³-hybridized carbons (Fsp3) is 0.500. The first-order valence-corrected chi connectivity index (χ1v) is 6.30. The molecule has 0 spiro atoms. The zero-order valence-electron chi connectivity index (χ0n) is 11.0. The van der Waals surface area contributed by atoms with Crippen molar-refractivity contribution in [2.24, 2.45) is 0 Å². The minimum absolute atomic E-state index is 0.0811. The van der Waals surface area contributed by atoms with Crippen LogP contribution in [0, 0.1) is 0 Å². The van der Waals surface area contributed by atoms with Gasteiger partial charge in [-0.2, -0.15) is 0 Å². The van der Waals surface area contributed by atoms with Crippen molar-refractivity contribution in [3.63, 3.8) is 0 Å². The highest BCUT2D eigenvalue weighted by Gasteiger charge is 2.15. The molecule has 1 aliphatic heterocycles. The minimum Gasteiger partial charge on any atom is -0.380 e. The number of benzene rings is 1. The van der Waals surface area contributed by atoms with Crippen molar-refractivity contribution in [2.75, 3.05) is 25.6 Å². The van der Waals surface area contributed by atoms with Crippen molar-refractivity contribution in [2.45, 2.75) is 25.9 Å². The molecule has 1 fully saturated rings. The van der Waals surface area contributed by atoms with E-state index in [2.05, 4.69) is 17.4 Å². The van der Waals surface area contributed by atoms with Crippen LogP contribution in [0.1, 0.15) is 18.9 Å². The summed E-state index contributed by atoms with van der Waals surface area (Å²) in [6.45, 7) is 3.84. The van der Waals surface area contributed by atoms with Crippen LogP contribution in [0.15, 0.2) is 24.3 Å². The molecule has 1 amide bonds. The van der Waals surface area contributed by atoms with Gasteiger partial charge < -0.3 is 15.0 Å². The van der Waals surface area contributed by atoms with E-state index in [0.29, 0.717) is 12.6 Å². The molecule has 0 aliphatic carbocycles. The van der Waals surface area contributed by atoms with E-state index in [4.69, 9.17) is 4.74 Å². The van der Waals surface area contributed by atoms with Crippen LogP contribution in [-0.4, -0.2) is 37.1 Å². The summed E-state index contributed by atoms with van der Waals surface area (Å²) in [5.74, 6) is 0.0811. The highest BCUT2D eigenvalue weighted by molar-refractivity contribution is 5.72. The Labute approximate surface area is 108 Å². The Hall–Kier alpha value is -1.55. The number of carbonyl (C=O) groups is 1. The Morgan fingerprint density at radius 1 is 1.56 bits per heavy atom. The molecule has 1 N–H and O–H groups in total. The fourth-order valence-electron chi connectivity index (χ4n) is 2.03. The lowest BCUT2D eigenvalue weighted by Gasteiger charge is -2.17. The summed E-state index contributed by atoms with van der Waals surface area (Å²) >= 11 is 0. The number of hydrogen-bond donors (Lipinski definition) is 1. The average Bonchev–Trinajstić information content (AvgIpc) is 2.82. The van der Waals surface area contributed by atoms with Gasteiger partial charge in [-0.25, -0.2) is 0 Å². The van der Waals surface area contributed by atoms with Gasteiger partial charge in [0.2, 0.25) is 5.91 Å². The third-order valence-corrected chi connectivity index (χ3v) is 3.18. The van der Waals surface area contributed by atoms with Crippen LogP contribution in [0.2, 0.25) is 0 Å². The molecule has 4 heteroatoms. The molecule has 4 nitrogen and oxygen atoms in total. The molecular weight excluding hydrogens is 228 g/mol. The smallest absolute Gasteiger partial charge is 0.219 e. The Balaban J connectivity index is 1.98. The van der Waals surface area contributed by atoms with Crippen molar-refractivity contribution >= 4 is 11.6 Å². The van der Waals surface area contributed by atoms with Gasteiger partial charge >= 0.3 is 0 Å². The summed E-state index contributed by atoms with van der Waals surface area (Å²) in [6, 6.07) is 8.61. The number of rotatable bonds is 4. The molecule has 1 saturated heterocycles. The van der Waals surface area contributed by atoms with Crippen LogP contribution < -0.4 is 5.32 Å². The van der Waals surface area contributed by atoms with Gasteiger partial charge in [-0.15, -0.1) is 0 Å². The molecule has 1 aromatic rings. The van der Waals surface area contributed by atoms with E-state index in [-0.39, 0.29) is 5.91 Å². The first-order chi connectivity index (χ1) is 8.65. The summed E-state index contributed by atoms with van der Waals surface area (Å²) in [6.07, 6.45) is 1.05. The maximum Gasteiger partial charge on any atom is 0.219 e. The second-order valence-electron chi connectivity index (χ2n) is 4.78. The lowest BCUT2D eigenvalue weighted by Crippen LogP contribution is -2.23. The third kappa shape index (κ3) is 3.47. The Morgan fingerprint density at radius 2 is 2.39 bits per heavy atom. The maximum atomic E-state index is 11.2. The minimum atomic E-state index is 0.0811. The average molecular weight is 248 g/mol. The molecule has 0 bridgehead atoms. The molecule has 98 valence electrons. The molecule has 1 heterocycles. The van der Waals surface area contributed by atoms with Crippen molar-refractivity contribution in [3.8, 4) is 0 Å². The topological polar surface area (TPSA) is 41.6 Å². The molecule has 1 aromatic carbocycles. The molecule has 2 rings (SSSR count). The van der Waals surface area contributed by atoms with Gasteiger partial charge in [0.05, 0.1) is 12.6 Å². The summed E-state index contributed by atoms with van der Waals surface area (Å²) in [7, 11) is 1.81. The van der Waals surface area contributed by atoms with Gasteiger partial charge in [0.1, 0.15) is 0 Å². The van der Waals surface area contributed by atoms with Crippen molar-refractivity contribution in [1.29, 1.82) is 0 Å². The summed E-state index contributed by atoms with van der Waals surface area (Å²) < 4.78 is 5.34. The maximum absolute atomic E-state index is 11.2. The molecule has 1 unspecified atom stereocenters. The monoisotopic (exact) mass is 248 g/mol. The van der Waals surface area contributed by atoms with Crippen LogP contribution in [0.25, 0.3) is 0 Å². The van der Waals surface area contributed by atoms with Gasteiger partial charge in [-0.1, -0.05) is 12.1 Å². The Morgan fingerprint density at radius 3 is 3.06 bits per heavy atom. The first-order valence-electron chi connectivity index (χ1n) is 6.30. The van der Waals surface area contributed by atoms with E-state index in [9.17, 15) is 4.79 Å². The van der Waals surface area contributed by atoms with Crippen LogP contribution in [-0.2, 0) is 16.1 Å². The van der Waals surface area contributed by atoms with E-state index < -0.39 is 0 Å². The van der Waals surface area contributed by atoms with Crippen LogP contribution in [0.5, 0.6) is 0 Å². The quantitative estimate of drug-likeness (QED) is 0.884. The number of nitrogens with one attached hydrogen (secondary N) is 1. The third-order valence-electron chi connectivity index (χ3n) is 3.18. The van der Waals surface area contributed by atoms with Crippen molar-refractivity contribution in [1.82, 2.24) is 4.90 Å². The lowest BCUT2D eigenvalue weighted by atomic mass is 10.1. The van der Waals surface area contributed by atoms with Crippen LogP contribution in [0.3, 0.4) is 0 Å². The Bertz CT molecular complexity index is 414. The number of amides is 1. The fourth-order valence-corrected chi connectivity index (χ4v) is 2.03. The molecular formula is C14H20N2O2. The van der Waals surface area contributed by atoms with Gasteiger partial charge in [0.25, 0.3) is 0 Å². The molecule has 1 atom stereocenters. The van der Waals surface area contributed by atoms with Gasteiger partial charge in [-0.3, -0.25) is 4.79 Å². The lowest BCUT2D eigenvalue weighted by molar-refractivity contribution is -0.128. The zero-order valence-corrected chi connectivity index (χ0v) is 11.0. The van der Waals surface area contributed by atoms with Crippen molar-refractivity contribution < 1.29 is 9.53 Å². The SMILES string of the molecule is CC(=O)N(C)Cc1cccc(NC2CCOC2)c1. The summed E-state index contributed by atoms with van der Waals surface area (Å²) in [5, 5.41) is 3.46. The molecule has 18 heavy (non-hydrogen) atoms. The van der Waals surface area contributed by atoms with E-state index in [1.165, 1.54) is 0 Å². The van der Waals surface area contributed by atoms with E-state index in [1.54, 1.807) is 11.8 Å². The summed E-state index contributed by atoms with van der Waals surface area (Å²) in [4.78, 5) is 12.9.